The molecule has 0 bridgehead atoms. The fourth-order valence-corrected chi connectivity index (χ4v) is 4.85. The van der Waals surface area contributed by atoms with Crippen molar-refractivity contribution in [3.63, 3.8) is 0 Å². The standard InChI is InChI=1S/C19H26O7/c1-9-6-15-13(10(2)17(22)25-15)8-19(5)14(9)7-16(23-11(3)20)26-18(19)24-12(4)21/h9,13-16,18H,2,6-8H2,1,3-5H3. The summed E-state index contributed by atoms with van der Waals surface area (Å²) in [5, 5.41) is 0. The molecule has 26 heavy (non-hydrogen) atoms. The van der Waals surface area contributed by atoms with Gasteiger partial charge < -0.3 is 18.9 Å². The molecule has 2 heterocycles. The predicted octanol–water partition coefficient (Wildman–Crippen LogP) is 2.34. The Bertz CT molecular complexity index is 642. The van der Waals surface area contributed by atoms with Crippen molar-refractivity contribution in [1.29, 1.82) is 0 Å². The van der Waals surface area contributed by atoms with Crippen LogP contribution in [0.5, 0.6) is 0 Å². The second kappa shape index (κ2) is 6.68. The van der Waals surface area contributed by atoms with Crippen molar-refractivity contribution in [2.24, 2.45) is 23.2 Å². The second-order valence-electron chi connectivity index (χ2n) is 7.96. The van der Waals surface area contributed by atoms with E-state index in [-0.39, 0.29) is 29.8 Å². The zero-order chi connectivity index (χ0) is 19.2. The summed E-state index contributed by atoms with van der Waals surface area (Å²) >= 11 is 0. The Morgan fingerprint density at radius 1 is 1.19 bits per heavy atom. The third-order valence-electron chi connectivity index (χ3n) is 6.05. The molecule has 0 aromatic carbocycles. The summed E-state index contributed by atoms with van der Waals surface area (Å²) in [5.41, 5.74) is -0.0781. The molecule has 2 aliphatic heterocycles. The smallest absolute Gasteiger partial charge is 0.334 e. The number of hydrogen-bond acceptors (Lipinski definition) is 7. The van der Waals surface area contributed by atoms with E-state index in [1.165, 1.54) is 13.8 Å². The summed E-state index contributed by atoms with van der Waals surface area (Å²) in [6.45, 7) is 10.6. The Hall–Kier alpha value is -1.89. The first kappa shape index (κ1) is 18.9. The normalized spacial score (nSPS) is 42.2. The van der Waals surface area contributed by atoms with Gasteiger partial charge in [0.05, 0.1) is 0 Å². The molecule has 7 heteroatoms. The highest BCUT2D eigenvalue weighted by Crippen LogP contribution is 2.55. The van der Waals surface area contributed by atoms with Crippen LogP contribution in [0.1, 0.15) is 47.0 Å². The lowest BCUT2D eigenvalue weighted by Crippen LogP contribution is -2.53. The van der Waals surface area contributed by atoms with E-state index in [1.807, 2.05) is 6.92 Å². The minimum absolute atomic E-state index is 0.0713. The van der Waals surface area contributed by atoms with Gasteiger partial charge in [-0.15, -0.1) is 0 Å². The fourth-order valence-electron chi connectivity index (χ4n) is 4.85. The Morgan fingerprint density at radius 3 is 2.46 bits per heavy atom. The quantitative estimate of drug-likeness (QED) is 0.421. The number of carbonyl (C=O) groups is 3. The summed E-state index contributed by atoms with van der Waals surface area (Å²) in [6.07, 6.45) is -0.0991. The SMILES string of the molecule is C=C1C(=O)OC2CC(C)C3CC(OC(C)=O)OC(OC(C)=O)C3(C)CC12. The van der Waals surface area contributed by atoms with E-state index in [0.29, 0.717) is 24.8 Å². The minimum atomic E-state index is -0.868. The first-order chi connectivity index (χ1) is 12.1. The third kappa shape index (κ3) is 3.24. The zero-order valence-electron chi connectivity index (χ0n) is 15.7. The van der Waals surface area contributed by atoms with Crippen LogP contribution < -0.4 is 0 Å². The van der Waals surface area contributed by atoms with Crippen LogP contribution >= 0.6 is 0 Å². The largest absolute Gasteiger partial charge is 0.458 e. The lowest BCUT2D eigenvalue weighted by Gasteiger charge is -2.49. The van der Waals surface area contributed by atoms with E-state index in [2.05, 4.69) is 13.5 Å². The van der Waals surface area contributed by atoms with Gasteiger partial charge in [-0.05, 0) is 24.7 Å². The van der Waals surface area contributed by atoms with E-state index >= 15 is 0 Å². The molecule has 0 N–H and O–H groups in total. The van der Waals surface area contributed by atoms with Gasteiger partial charge in [-0.1, -0.05) is 20.4 Å². The Morgan fingerprint density at radius 2 is 1.85 bits per heavy atom. The van der Waals surface area contributed by atoms with Crippen molar-refractivity contribution in [3.8, 4) is 0 Å². The van der Waals surface area contributed by atoms with Gasteiger partial charge in [-0.25, -0.2) is 4.79 Å². The average Bonchev–Trinajstić information content (AvgIpc) is 2.70. The maximum atomic E-state index is 12.0. The molecule has 3 aliphatic rings. The van der Waals surface area contributed by atoms with Crippen LogP contribution in [0.4, 0.5) is 0 Å². The highest BCUT2D eigenvalue weighted by atomic mass is 16.8. The number of esters is 3. The van der Waals surface area contributed by atoms with Gasteiger partial charge >= 0.3 is 17.9 Å². The zero-order valence-corrected chi connectivity index (χ0v) is 15.7. The van der Waals surface area contributed by atoms with Crippen molar-refractivity contribution < 1.29 is 33.3 Å². The summed E-state index contributed by atoms with van der Waals surface area (Å²) in [6, 6.07) is 0. The predicted molar refractivity (Wildman–Crippen MR) is 89.3 cm³/mol. The number of fused-ring (bicyclic) bond motifs is 2. The van der Waals surface area contributed by atoms with E-state index in [4.69, 9.17) is 18.9 Å². The monoisotopic (exact) mass is 366 g/mol. The molecule has 0 amide bonds. The highest BCUT2D eigenvalue weighted by Gasteiger charge is 2.58. The molecule has 0 radical (unpaired) electrons. The molecule has 0 spiro atoms. The molecule has 144 valence electrons. The summed E-state index contributed by atoms with van der Waals surface area (Å²) < 4.78 is 22.1. The lowest BCUT2D eigenvalue weighted by atomic mass is 9.65. The number of ether oxygens (including phenoxy) is 4. The molecule has 1 saturated carbocycles. The minimum Gasteiger partial charge on any atom is -0.458 e. The Kier molecular flexibility index (Phi) is 4.86. The first-order valence-corrected chi connectivity index (χ1v) is 9.01. The van der Waals surface area contributed by atoms with Gasteiger partial charge in [0.2, 0.25) is 12.6 Å². The van der Waals surface area contributed by atoms with Gasteiger partial charge in [0.25, 0.3) is 0 Å². The molecule has 7 unspecified atom stereocenters. The lowest BCUT2D eigenvalue weighted by molar-refractivity contribution is -0.311. The van der Waals surface area contributed by atoms with Crippen LogP contribution in [-0.2, 0) is 33.3 Å². The molecule has 0 aromatic heterocycles. The summed E-state index contributed by atoms with van der Waals surface area (Å²) in [5.74, 6) is -1.17. The van der Waals surface area contributed by atoms with Crippen LogP contribution in [0.3, 0.4) is 0 Å². The molecule has 3 fully saturated rings. The fraction of sp³-hybridized carbons (Fsp3) is 0.737. The molecule has 7 atom stereocenters. The van der Waals surface area contributed by atoms with Gasteiger partial charge in [-0.3, -0.25) is 9.59 Å². The number of carbonyl (C=O) groups excluding carboxylic acids is 3. The average molecular weight is 366 g/mol. The van der Waals surface area contributed by atoms with E-state index in [9.17, 15) is 14.4 Å². The third-order valence-corrected chi connectivity index (χ3v) is 6.05. The Balaban J connectivity index is 1.95. The van der Waals surface area contributed by atoms with Gasteiger partial charge in [0.1, 0.15) is 6.10 Å². The maximum Gasteiger partial charge on any atom is 0.334 e. The van der Waals surface area contributed by atoms with Crippen LogP contribution in [0, 0.1) is 23.2 Å². The molecule has 7 nitrogen and oxygen atoms in total. The van der Waals surface area contributed by atoms with Crippen LogP contribution in [-0.4, -0.2) is 36.6 Å². The molecule has 2 saturated heterocycles. The highest BCUT2D eigenvalue weighted by molar-refractivity contribution is 5.90. The van der Waals surface area contributed by atoms with Crippen molar-refractivity contribution in [3.05, 3.63) is 12.2 Å². The maximum absolute atomic E-state index is 12.0. The van der Waals surface area contributed by atoms with Gasteiger partial charge in [-0.2, -0.15) is 0 Å². The summed E-state index contributed by atoms with van der Waals surface area (Å²) in [4.78, 5) is 35.0. The molecule has 1 aliphatic carbocycles. The van der Waals surface area contributed by atoms with Crippen molar-refractivity contribution >= 4 is 17.9 Å². The first-order valence-electron chi connectivity index (χ1n) is 9.01. The van der Waals surface area contributed by atoms with Crippen molar-refractivity contribution in [1.82, 2.24) is 0 Å². The van der Waals surface area contributed by atoms with Crippen LogP contribution in [0.15, 0.2) is 12.2 Å². The molecular weight excluding hydrogens is 340 g/mol. The van der Waals surface area contributed by atoms with Crippen LogP contribution in [0.25, 0.3) is 0 Å². The number of hydrogen-bond donors (Lipinski definition) is 0. The van der Waals surface area contributed by atoms with Gasteiger partial charge in [0, 0.05) is 37.2 Å². The number of rotatable bonds is 2. The topological polar surface area (TPSA) is 88.1 Å². The molecular formula is C19H26O7. The molecule has 0 aromatic rings. The second-order valence-corrected chi connectivity index (χ2v) is 7.96. The molecule has 3 rings (SSSR count). The van der Waals surface area contributed by atoms with Crippen molar-refractivity contribution in [2.75, 3.05) is 0 Å². The summed E-state index contributed by atoms with van der Waals surface area (Å²) in [7, 11) is 0. The van der Waals surface area contributed by atoms with Gasteiger partial charge in [0.15, 0.2) is 0 Å². The van der Waals surface area contributed by atoms with Crippen molar-refractivity contribution in [2.45, 2.75) is 65.6 Å². The van der Waals surface area contributed by atoms with E-state index < -0.39 is 29.9 Å². The Labute approximate surface area is 153 Å². The van der Waals surface area contributed by atoms with E-state index in [1.54, 1.807) is 0 Å². The van der Waals surface area contributed by atoms with E-state index in [0.717, 1.165) is 0 Å². The van der Waals surface area contributed by atoms with Crippen LogP contribution in [0.2, 0.25) is 0 Å².